The van der Waals surface area contributed by atoms with Gasteiger partial charge in [0, 0.05) is 0 Å². The first-order chi connectivity index (χ1) is 20.1. The Balaban J connectivity index is 3.97. The molecule has 0 spiro atoms. The van der Waals surface area contributed by atoms with Crippen LogP contribution in [0.4, 0.5) is 0 Å². The number of benzene rings is 1. The molecule has 0 aliphatic heterocycles. The van der Waals surface area contributed by atoms with Crippen molar-refractivity contribution in [2.75, 3.05) is 73.2 Å². The van der Waals surface area contributed by atoms with Crippen molar-refractivity contribution in [3.8, 4) is 17.2 Å². The predicted octanol–water partition coefficient (Wildman–Crippen LogP) is -4.54. The summed E-state index contributed by atoms with van der Waals surface area (Å²) in [7, 11) is 0.998. The molecule has 0 fully saturated rings. The highest BCUT2D eigenvalue weighted by Gasteiger charge is 2.30. The van der Waals surface area contributed by atoms with Crippen molar-refractivity contribution in [1.82, 2.24) is 0 Å². The number of hydrogen-bond donors (Lipinski definition) is 10. The molecule has 0 amide bonds. The number of rotatable bonds is 22. The molecule has 1 rings (SSSR count). The van der Waals surface area contributed by atoms with Gasteiger partial charge in [-0.25, -0.2) is 4.79 Å². The van der Waals surface area contributed by atoms with Gasteiger partial charge in [-0.15, -0.1) is 0 Å². The molecule has 17 nitrogen and oxygen atoms in total. The van der Waals surface area contributed by atoms with Crippen LogP contribution in [-0.2, 0) is 19.0 Å². The second-order valence-electron chi connectivity index (χ2n) is 8.66. The zero-order valence-corrected chi connectivity index (χ0v) is 22.9. The Bertz CT molecular complexity index is 955. The molecule has 0 radical (unpaired) electrons. The van der Waals surface area contributed by atoms with Gasteiger partial charge in [0.05, 0.1) is 45.7 Å². The number of methoxy groups -OCH3 is 1. The number of hydrogen-bond acceptors (Lipinski definition) is 17. The van der Waals surface area contributed by atoms with Crippen LogP contribution in [0.1, 0.15) is 5.56 Å². The summed E-state index contributed by atoms with van der Waals surface area (Å²) < 4.78 is 32.6. The van der Waals surface area contributed by atoms with Crippen LogP contribution >= 0.6 is 0 Å². The van der Waals surface area contributed by atoms with E-state index in [1.54, 1.807) is 0 Å². The normalized spacial score (nSPS) is 15.5. The number of carbonyl (C=O) groups is 1. The van der Waals surface area contributed by atoms with E-state index in [4.69, 9.17) is 33.5 Å². The highest BCUT2D eigenvalue weighted by atomic mass is 16.6. The summed E-state index contributed by atoms with van der Waals surface area (Å²) in [6.45, 7) is -6.44. The molecule has 0 aliphatic rings. The largest absolute Gasteiger partial charge is 0.487 e. The van der Waals surface area contributed by atoms with Crippen molar-refractivity contribution >= 4 is 11.7 Å². The fourth-order valence-electron chi connectivity index (χ4n) is 2.86. The van der Waals surface area contributed by atoms with Gasteiger partial charge in [0.1, 0.15) is 63.6 Å². The zero-order valence-electron chi connectivity index (χ0n) is 22.9. The monoisotopic (exact) mass is 612 g/mol. The Labute approximate surface area is 240 Å². The molecule has 0 heterocycles. The van der Waals surface area contributed by atoms with Crippen LogP contribution < -0.4 is 14.2 Å². The third-order valence-electron chi connectivity index (χ3n) is 5.06. The van der Waals surface area contributed by atoms with Crippen molar-refractivity contribution < 1.29 is 84.3 Å². The minimum Gasteiger partial charge on any atom is -0.487 e. The smallest absolute Gasteiger partial charge is 0.377 e. The summed E-state index contributed by atoms with van der Waals surface area (Å²) in [5, 5.41) is 95.5. The maximum Gasteiger partial charge on any atom is 0.377 e. The Morgan fingerprint density at radius 2 is 1.05 bits per heavy atom. The first-order valence-electron chi connectivity index (χ1n) is 12.6. The molecule has 10 N–H and O–H groups in total. The Hall–Kier alpha value is -2.97. The molecule has 242 valence electrons. The number of aliphatic hydroxyl groups excluding tert-OH is 10. The number of ether oxygens (including phenoxy) is 6. The van der Waals surface area contributed by atoms with Crippen LogP contribution in [0.3, 0.4) is 0 Å². The molecule has 0 aromatic heterocycles. The molecule has 0 bridgehead atoms. The van der Waals surface area contributed by atoms with Crippen LogP contribution in [0.25, 0.3) is 5.76 Å². The molecule has 42 heavy (non-hydrogen) atoms. The van der Waals surface area contributed by atoms with E-state index in [-0.39, 0.29) is 22.8 Å². The Morgan fingerprint density at radius 3 is 1.52 bits per heavy atom. The molecule has 0 saturated carbocycles. The molecule has 1 aromatic carbocycles. The van der Waals surface area contributed by atoms with Gasteiger partial charge in [0.2, 0.25) is 11.5 Å². The Kier molecular flexibility index (Phi) is 17.7. The van der Waals surface area contributed by atoms with E-state index in [0.717, 1.165) is 7.11 Å². The SMILES string of the molecule is COC(=O)C(OCC(O)CO)=C(OCC(O)CO)c1ccc(OCC(O)CO)c(OCC(O)CO)c1OCC(O)CO. The van der Waals surface area contributed by atoms with Gasteiger partial charge < -0.3 is 79.5 Å². The van der Waals surface area contributed by atoms with Crippen LogP contribution in [0.5, 0.6) is 17.2 Å². The molecule has 5 unspecified atom stereocenters. The van der Waals surface area contributed by atoms with Crippen LogP contribution in [0, 0.1) is 0 Å². The van der Waals surface area contributed by atoms with Gasteiger partial charge in [0.15, 0.2) is 17.3 Å². The lowest BCUT2D eigenvalue weighted by atomic mass is 10.1. The third kappa shape index (κ3) is 12.1. The second kappa shape index (κ2) is 20.0. The van der Waals surface area contributed by atoms with E-state index in [1.807, 2.05) is 0 Å². The highest BCUT2D eigenvalue weighted by molar-refractivity contribution is 5.95. The predicted molar refractivity (Wildman–Crippen MR) is 139 cm³/mol. The first-order valence-corrected chi connectivity index (χ1v) is 12.6. The quantitative estimate of drug-likeness (QED) is 0.0335. The summed E-state index contributed by atoms with van der Waals surface area (Å²) in [6, 6.07) is 2.46. The third-order valence-corrected chi connectivity index (χ3v) is 5.06. The van der Waals surface area contributed by atoms with Crippen molar-refractivity contribution in [1.29, 1.82) is 0 Å². The van der Waals surface area contributed by atoms with Gasteiger partial charge >= 0.3 is 5.97 Å². The van der Waals surface area contributed by atoms with Crippen LogP contribution in [0.15, 0.2) is 17.9 Å². The maximum atomic E-state index is 12.8. The van der Waals surface area contributed by atoms with E-state index in [2.05, 4.69) is 0 Å². The van der Waals surface area contributed by atoms with Crippen molar-refractivity contribution in [3.05, 3.63) is 23.5 Å². The fraction of sp³-hybridized carbons (Fsp3) is 0.640. The van der Waals surface area contributed by atoms with Gasteiger partial charge in [-0.2, -0.15) is 0 Å². The molecule has 17 heteroatoms. The zero-order chi connectivity index (χ0) is 31.7. The van der Waals surface area contributed by atoms with Crippen LogP contribution in [0.2, 0.25) is 0 Å². The lowest BCUT2D eigenvalue weighted by molar-refractivity contribution is -0.141. The Morgan fingerprint density at radius 1 is 0.619 bits per heavy atom. The standard InChI is InChI=1S/C25H40O17/c1-37-25(36)24(42-13-18(35)8-30)22(40-11-16(33)6-28)19-2-3-20(38-9-14(31)4-26)23(41-12-17(34)7-29)21(19)39-10-15(32)5-27/h2-3,14-18,26-35H,4-13H2,1H3. The van der Waals surface area contributed by atoms with E-state index in [9.17, 15) is 50.8 Å². The number of carbonyl (C=O) groups excluding carboxylic acids is 1. The minimum absolute atomic E-state index is 0.157. The van der Waals surface area contributed by atoms with E-state index < -0.39 is 114 Å². The van der Waals surface area contributed by atoms with E-state index >= 15 is 0 Å². The van der Waals surface area contributed by atoms with Gasteiger partial charge in [-0.3, -0.25) is 0 Å². The van der Waals surface area contributed by atoms with Gasteiger partial charge in [-0.1, -0.05) is 0 Å². The summed E-state index contributed by atoms with van der Waals surface area (Å²) in [5.41, 5.74) is -0.201. The average molecular weight is 613 g/mol. The molecule has 5 atom stereocenters. The lowest BCUT2D eigenvalue weighted by Gasteiger charge is -2.24. The highest BCUT2D eigenvalue weighted by Crippen LogP contribution is 2.44. The molecule has 0 aliphatic carbocycles. The number of esters is 1. The maximum absolute atomic E-state index is 12.8. The summed E-state index contributed by atoms with van der Waals surface area (Å²) in [4.78, 5) is 12.8. The minimum atomic E-state index is -1.46. The van der Waals surface area contributed by atoms with Crippen molar-refractivity contribution in [2.45, 2.75) is 30.5 Å². The molecule has 0 saturated heterocycles. The summed E-state index contributed by atoms with van der Waals surface area (Å²) in [6.07, 6.45) is -7.06. The molecular weight excluding hydrogens is 572 g/mol. The fourth-order valence-corrected chi connectivity index (χ4v) is 2.86. The van der Waals surface area contributed by atoms with E-state index in [1.165, 1.54) is 12.1 Å². The van der Waals surface area contributed by atoms with Crippen molar-refractivity contribution in [2.24, 2.45) is 0 Å². The van der Waals surface area contributed by atoms with Crippen molar-refractivity contribution in [3.63, 3.8) is 0 Å². The molecular formula is C25H40O17. The lowest BCUT2D eigenvalue weighted by Crippen LogP contribution is -2.26. The van der Waals surface area contributed by atoms with Gasteiger partial charge in [0.25, 0.3) is 0 Å². The van der Waals surface area contributed by atoms with E-state index in [0.29, 0.717) is 0 Å². The molecule has 1 aromatic rings. The summed E-state index contributed by atoms with van der Waals surface area (Å²) >= 11 is 0. The topological polar surface area (TPSA) is 275 Å². The second-order valence-corrected chi connectivity index (χ2v) is 8.66. The van der Waals surface area contributed by atoms with Crippen LogP contribution in [-0.4, -0.2) is 161 Å². The first kappa shape index (κ1) is 37.1. The summed E-state index contributed by atoms with van der Waals surface area (Å²) in [5.74, 6) is -3.23. The number of aliphatic hydroxyl groups is 10. The average Bonchev–Trinajstić information content (AvgIpc) is 3.01. The van der Waals surface area contributed by atoms with Gasteiger partial charge in [-0.05, 0) is 12.1 Å².